The van der Waals surface area contributed by atoms with Crippen molar-refractivity contribution in [3.05, 3.63) is 68.6 Å². The van der Waals surface area contributed by atoms with Gasteiger partial charge in [-0.05, 0) is 42.7 Å². The zero-order valence-electron chi connectivity index (χ0n) is 18.2. The zero-order valence-corrected chi connectivity index (χ0v) is 19.7. The molecule has 0 radical (unpaired) electrons. The molecule has 2 aliphatic heterocycles. The Morgan fingerprint density at radius 3 is 2.52 bits per heavy atom. The lowest BCUT2D eigenvalue weighted by atomic mass is 10.1. The zero-order chi connectivity index (χ0) is 23.8. The molecule has 0 unspecified atom stereocenters. The van der Waals surface area contributed by atoms with Gasteiger partial charge in [-0.15, -0.1) is 0 Å². The second-order valence-electron chi connectivity index (χ2n) is 8.32. The molecule has 4 rings (SSSR count). The Morgan fingerprint density at radius 2 is 1.82 bits per heavy atom. The fourth-order valence-electron chi connectivity index (χ4n) is 4.38. The van der Waals surface area contributed by atoms with Gasteiger partial charge in [-0.1, -0.05) is 23.7 Å². The molecule has 0 aliphatic carbocycles. The topological polar surface area (TPSA) is 109 Å². The van der Waals surface area contributed by atoms with Crippen molar-refractivity contribution in [3.8, 4) is 0 Å². The summed E-state index contributed by atoms with van der Waals surface area (Å²) < 4.78 is 26.8. The van der Waals surface area contributed by atoms with Gasteiger partial charge < -0.3 is 14.8 Å². The third kappa shape index (κ3) is 4.97. The summed E-state index contributed by atoms with van der Waals surface area (Å²) >= 11 is 5.86. The summed E-state index contributed by atoms with van der Waals surface area (Å²) in [5.41, 5.74) is 0.483. The molecule has 0 spiro atoms. The van der Waals surface area contributed by atoms with Crippen LogP contribution in [0.15, 0.2) is 41.2 Å². The number of aromatic nitrogens is 1. The van der Waals surface area contributed by atoms with E-state index in [1.807, 2.05) is 0 Å². The van der Waals surface area contributed by atoms with Gasteiger partial charge in [0.2, 0.25) is 10.0 Å². The van der Waals surface area contributed by atoms with Crippen LogP contribution in [0.3, 0.4) is 0 Å². The second-order valence-corrected chi connectivity index (χ2v) is 10.7. The highest BCUT2D eigenvalue weighted by Gasteiger charge is 2.35. The first kappa shape index (κ1) is 23.5. The predicted molar refractivity (Wildman–Crippen MR) is 124 cm³/mol. The van der Waals surface area contributed by atoms with Crippen LogP contribution in [-0.2, 0) is 23.1 Å². The maximum atomic E-state index is 13.0. The number of nitrogens with zero attached hydrogens (tertiary/aromatic N) is 3. The molecule has 2 aromatic rings. The fraction of sp³-hybridized carbons (Fsp3) is 0.409. The summed E-state index contributed by atoms with van der Waals surface area (Å²) in [6.07, 6.45) is 2.62. The van der Waals surface area contributed by atoms with Gasteiger partial charge in [0.1, 0.15) is 11.3 Å². The summed E-state index contributed by atoms with van der Waals surface area (Å²) in [6.45, 7) is 1.49. The van der Waals surface area contributed by atoms with Gasteiger partial charge in [-0.3, -0.25) is 14.4 Å². The van der Waals surface area contributed by atoms with Crippen molar-refractivity contribution in [2.75, 3.05) is 25.9 Å². The molecule has 1 atom stereocenters. The van der Waals surface area contributed by atoms with Gasteiger partial charge in [0.15, 0.2) is 0 Å². The normalized spacial score (nSPS) is 18.9. The Hall–Kier alpha value is -2.69. The minimum atomic E-state index is -3.34. The van der Waals surface area contributed by atoms with Crippen LogP contribution in [0, 0.1) is 0 Å². The molecule has 33 heavy (non-hydrogen) atoms. The van der Waals surface area contributed by atoms with Gasteiger partial charge in [-0.25, -0.2) is 8.42 Å². The van der Waals surface area contributed by atoms with Crippen molar-refractivity contribution in [1.82, 2.24) is 19.1 Å². The molecule has 2 amide bonds. The van der Waals surface area contributed by atoms with E-state index in [4.69, 9.17) is 11.6 Å². The van der Waals surface area contributed by atoms with Crippen molar-refractivity contribution in [2.45, 2.75) is 32.0 Å². The molecule has 0 bridgehead atoms. The number of halogens is 1. The van der Waals surface area contributed by atoms with E-state index >= 15 is 0 Å². The van der Waals surface area contributed by atoms with Crippen LogP contribution in [0.25, 0.3) is 0 Å². The lowest BCUT2D eigenvalue weighted by molar-refractivity contribution is 0.0668. The van der Waals surface area contributed by atoms with Crippen molar-refractivity contribution in [3.63, 3.8) is 0 Å². The number of carbonyl (C=O) groups excluding carboxylic acids is 2. The highest BCUT2D eigenvalue weighted by molar-refractivity contribution is 7.88. The molecule has 176 valence electrons. The van der Waals surface area contributed by atoms with Crippen LogP contribution < -0.4 is 10.9 Å². The minimum absolute atomic E-state index is 0.0343. The Morgan fingerprint density at radius 1 is 1.09 bits per heavy atom. The number of pyridine rings is 1. The van der Waals surface area contributed by atoms with Crippen LogP contribution in [0.1, 0.15) is 39.3 Å². The number of hydrogen-bond acceptors (Lipinski definition) is 5. The number of amides is 2. The van der Waals surface area contributed by atoms with Crippen LogP contribution >= 0.6 is 11.6 Å². The molecule has 1 saturated heterocycles. The second kappa shape index (κ2) is 9.28. The van der Waals surface area contributed by atoms with E-state index in [0.717, 1.165) is 12.0 Å². The standard InChI is InChI=1S/C22H25ClN4O5S/c1-33(31,32)27-10-2-3-17(27)14-25-11-12-26-19(22(25)30)9-8-18(21(26)29)20(28)24-13-15-4-6-16(23)7-5-15/h4-9,17H,2-3,10-14H2,1H3,(H,24,28)/t17-/m0/s1. The number of carbonyl (C=O) groups is 2. The lowest BCUT2D eigenvalue weighted by Crippen LogP contribution is -2.50. The molecule has 3 heterocycles. The molecule has 1 N–H and O–H groups in total. The summed E-state index contributed by atoms with van der Waals surface area (Å²) in [4.78, 5) is 40.1. The molecule has 2 aliphatic rings. The molecule has 11 heteroatoms. The fourth-order valence-corrected chi connectivity index (χ4v) is 5.68. The maximum Gasteiger partial charge on any atom is 0.270 e. The smallest absolute Gasteiger partial charge is 0.270 e. The summed E-state index contributed by atoms with van der Waals surface area (Å²) in [7, 11) is -3.34. The van der Waals surface area contributed by atoms with Crippen LogP contribution in [0.2, 0.25) is 5.02 Å². The highest BCUT2D eigenvalue weighted by atomic mass is 35.5. The van der Waals surface area contributed by atoms with Crippen molar-refractivity contribution >= 4 is 33.4 Å². The van der Waals surface area contributed by atoms with Gasteiger partial charge >= 0.3 is 0 Å². The summed E-state index contributed by atoms with van der Waals surface area (Å²) in [5, 5.41) is 3.31. The van der Waals surface area contributed by atoms with E-state index in [9.17, 15) is 22.8 Å². The first-order chi connectivity index (χ1) is 15.6. The van der Waals surface area contributed by atoms with Gasteiger partial charge in [0, 0.05) is 43.8 Å². The Labute approximate surface area is 197 Å². The van der Waals surface area contributed by atoms with Crippen LogP contribution in [0.5, 0.6) is 0 Å². The molecule has 1 aromatic carbocycles. The Bertz CT molecular complexity index is 1240. The monoisotopic (exact) mass is 492 g/mol. The van der Waals surface area contributed by atoms with Gasteiger partial charge in [-0.2, -0.15) is 4.31 Å². The van der Waals surface area contributed by atoms with Gasteiger partial charge in [0.25, 0.3) is 17.4 Å². The summed E-state index contributed by atoms with van der Waals surface area (Å²) in [6, 6.07) is 9.58. The van der Waals surface area contributed by atoms with Crippen molar-refractivity contribution in [2.24, 2.45) is 0 Å². The van der Waals surface area contributed by atoms with Gasteiger partial charge in [0.05, 0.1) is 6.26 Å². The van der Waals surface area contributed by atoms with Crippen molar-refractivity contribution in [1.29, 1.82) is 0 Å². The van der Waals surface area contributed by atoms with Crippen LogP contribution in [0.4, 0.5) is 0 Å². The Balaban J connectivity index is 1.47. The molecule has 0 saturated carbocycles. The molecular formula is C22H25ClN4O5S. The average molecular weight is 493 g/mol. The highest BCUT2D eigenvalue weighted by Crippen LogP contribution is 2.23. The van der Waals surface area contributed by atoms with Crippen LogP contribution in [-0.4, -0.2) is 65.9 Å². The SMILES string of the molecule is CS(=O)(=O)N1CCC[C@H]1CN1CCn2c(ccc(C(=O)NCc3ccc(Cl)cc3)c2=O)C1=O. The maximum absolute atomic E-state index is 13.0. The number of sulfonamides is 1. The van der Waals surface area contributed by atoms with E-state index in [0.29, 0.717) is 18.0 Å². The van der Waals surface area contributed by atoms with E-state index < -0.39 is 21.5 Å². The number of rotatable bonds is 6. The van der Waals surface area contributed by atoms with Crippen molar-refractivity contribution < 1.29 is 18.0 Å². The third-order valence-electron chi connectivity index (χ3n) is 6.07. The predicted octanol–water partition coefficient (Wildman–Crippen LogP) is 1.31. The van der Waals surface area contributed by atoms with E-state index in [1.54, 1.807) is 29.2 Å². The van der Waals surface area contributed by atoms with E-state index in [2.05, 4.69) is 5.32 Å². The largest absolute Gasteiger partial charge is 0.348 e. The van der Waals surface area contributed by atoms with E-state index in [1.165, 1.54) is 27.3 Å². The summed E-state index contributed by atoms with van der Waals surface area (Å²) in [5.74, 6) is -0.860. The molecule has 1 aromatic heterocycles. The average Bonchev–Trinajstić information content (AvgIpc) is 3.24. The first-order valence-corrected chi connectivity index (χ1v) is 12.9. The quantitative estimate of drug-likeness (QED) is 0.654. The first-order valence-electron chi connectivity index (χ1n) is 10.7. The number of benzene rings is 1. The number of nitrogens with one attached hydrogen (secondary N) is 1. The molecule has 9 nitrogen and oxygen atoms in total. The third-order valence-corrected chi connectivity index (χ3v) is 7.65. The number of fused-ring (bicyclic) bond motifs is 1. The molecule has 1 fully saturated rings. The number of hydrogen-bond donors (Lipinski definition) is 1. The van der Waals surface area contributed by atoms with E-state index in [-0.39, 0.29) is 49.4 Å². The minimum Gasteiger partial charge on any atom is -0.348 e. The Kier molecular flexibility index (Phi) is 6.60. The lowest BCUT2D eigenvalue weighted by Gasteiger charge is -2.33. The molecular weight excluding hydrogens is 468 g/mol.